The van der Waals surface area contributed by atoms with E-state index >= 15 is 0 Å². The molecular weight excluding hydrogens is 205 g/mol. The molecule has 0 saturated carbocycles. The van der Waals surface area contributed by atoms with Gasteiger partial charge in [-0.05, 0) is 19.4 Å². The van der Waals surface area contributed by atoms with Gasteiger partial charge in [0.2, 0.25) is 0 Å². The zero-order chi connectivity index (χ0) is 12.0. The molecule has 0 radical (unpaired) electrons. The second kappa shape index (κ2) is 6.48. The maximum Gasteiger partial charge on any atom is 0.169 e. The number of rotatable bonds is 6. The van der Waals surface area contributed by atoms with Gasteiger partial charge in [0.1, 0.15) is 0 Å². The summed E-state index contributed by atoms with van der Waals surface area (Å²) in [6, 6.07) is 5.64. The van der Waals surface area contributed by atoms with Crippen molar-refractivity contribution in [3.05, 3.63) is 29.6 Å². The van der Waals surface area contributed by atoms with Crippen molar-refractivity contribution in [1.82, 2.24) is 5.32 Å². The molecule has 1 atom stereocenters. The van der Waals surface area contributed by atoms with Crippen molar-refractivity contribution in [2.24, 2.45) is 0 Å². The van der Waals surface area contributed by atoms with Crippen molar-refractivity contribution in [1.29, 1.82) is 0 Å². The largest absolute Gasteiger partial charge is 0.494 e. The topological polar surface area (TPSA) is 21.3 Å². The minimum Gasteiger partial charge on any atom is -0.494 e. The summed E-state index contributed by atoms with van der Waals surface area (Å²) in [5.74, 6) is 0.0450. The van der Waals surface area contributed by atoms with Crippen molar-refractivity contribution < 1.29 is 9.13 Å². The van der Waals surface area contributed by atoms with E-state index in [0.717, 1.165) is 12.8 Å². The molecule has 0 aliphatic carbocycles. The average Bonchev–Trinajstić information content (AvgIpc) is 2.28. The predicted molar refractivity (Wildman–Crippen MR) is 64.2 cm³/mol. The van der Waals surface area contributed by atoms with Crippen LogP contribution >= 0.6 is 0 Å². The molecule has 0 aromatic heterocycles. The van der Waals surface area contributed by atoms with Gasteiger partial charge in [0, 0.05) is 18.2 Å². The Morgan fingerprint density at radius 2 is 2.19 bits per heavy atom. The molecule has 0 fully saturated rings. The minimum atomic E-state index is -0.263. The zero-order valence-electron chi connectivity index (χ0n) is 10.2. The molecule has 1 aromatic carbocycles. The van der Waals surface area contributed by atoms with Crippen LogP contribution < -0.4 is 10.1 Å². The van der Waals surface area contributed by atoms with E-state index in [1.165, 1.54) is 7.11 Å². The van der Waals surface area contributed by atoms with Crippen LogP contribution in [0.1, 0.15) is 32.3 Å². The first-order chi connectivity index (χ1) is 7.69. The highest BCUT2D eigenvalue weighted by Crippen LogP contribution is 2.19. The van der Waals surface area contributed by atoms with Gasteiger partial charge in [0.05, 0.1) is 7.11 Å². The summed E-state index contributed by atoms with van der Waals surface area (Å²) in [7, 11) is 1.48. The van der Waals surface area contributed by atoms with Crippen LogP contribution in [0.15, 0.2) is 18.2 Å². The number of halogens is 1. The number of methoxy groups -OCH3 is 1. The highest BCUT2D eigenvalue weighted by Gasteiger charge is 2.08. The first kappa shape index (κ1) is 13.0. The fourth-order valence-electron chi connectivity index (χ4n) is 1.67. The van der Waals surface area contributed by atoms with Crippen LogP contribution in [0, 0.1) is 5.82 Å². The van der Waals surface area contributed by atoms with Gasteiger partial charge >= 0.3 is 0 Å². The molecule has 0 bridgehead atoms. The summed E-state index contributed by atoms with van der Waals surface area (Å²) < 4.78 is 18.7. The number of hydrogen-bond acceptors (Lipinski definition) is 2. The Morgan fingerprint density at radius 3 is 2.81 bits per heavy atom. The number of nitrogens with one attached hydrogen (secondary N) is 1. The van der Waals surface area contributed by atoms with Crippen LogP contribution in [-0.4, -0.2) is 13.2 Å². The summed E-state index contributed by atoms with van der Waals surface area (Å²) in [6.07, 6.45) is 2.24. The molecule has 16 heavy (non-hydrogen) atoms. The van der Waals surface area contributed by atoms with E-state index in [4.69, 9.17) is 4.74 Å². The van der Waals surface area contributed by atoms with Crippen molar-refractivity contribution in [3.63, 3.8) is 0 Å². The van der Waals surface area contributed by atoms with Crippen LogP contribution in [0.4, 0.5) is 4.39 Å². The molecule has 0 heterocycles. The third-order valence-corrected chi connectivity index (χ3v) is 2.63. The molecule has 1 rings (SSSR count). The molecule has 0 saturated heterocycles. The van der Waals surface area contributed by atoms with E-state index in [1.807, 2.05) is 6.07 Å². The van der Waals surface area contributed by atoms with Crippen molar-refractivity contribution in [2.45, 2.75) is 39.3 Å². The SMILES string of the molecule is CCCC(C)NCc1cccc(OC)c1F. The fourth-order valence-corrected chi connectivity index (χ4v) is 1.67. The molecule has 0 aliphatic heterocycles. The average molecular weight is 225 g/mol. The van der Waals surface area contributed by atoms with E-state index in [-0.39, 0.29) is 5.82 Å². The number of ether oxygens (including phenoxy) is 1. The second-order valence-corrected chi connectivity index (χ2v) is 4.00. The predicted octanol–water partition coefficient (Wildman–Crippen LogP) is 3.11. The second-order valence-electron chi connectivity index (χ2n) is 4.00. The Balaban J connectivity index is 2.60. The van der Waals surface area contributed by atoms with Gasteiger partial charge in [-0.25, -0.2) is 4.39 Å². The van der Waals surface area contributed by atoms with Gasteiger partial charge in [-0.2, -0.15) is 0 Å². The van der Waals surface area contributed by atoms with Crippen LogP contribution in [0.3, 0.4) is 0 Å². The van der Waals surface area contributed by atoms with Crippen molar-refractivity contribution in [2.75, 3.05) is 7.11 Å². The molecule has 1 unspecified atom stereocenters. The third kappa shape index (κ3) is 3.49. The highest BCUT2D eigenvalue weighted by atomic mass is 19.1. The Labute approximate surface area is 96.8 Å². The Bertz CT molecular complexity index is 328. The summed E-state index contributed by atoms with van der Waals surface area (Å²) in [6.45, 7) is 4.80. The van der Waals surface area contributed by atoms with Gasteiger partial charge in [-0.15, -0.1) is 0 Å². The van der Waals surface area contributed by atoms with E-state index in [9.17, 15) is 4.39 Å². The first-order valence-electron chi connectivity index (χ1n) is 5.73. The lowest BCUT2D eigenvalue weighted by molar-refractivity contribution is 0.382. The van der Waals surface area contributed by atoms with E-state index < -0.39 is 0 Å². The maximum absolute atomic E-state index is 13.7. The van der Waals surface area contributed by atoms with Gasteiger partial charge in [0.15, 0.2) is 11.6 Å². The van der Waals surface area contributed by atoms with Gasteiger partial charge in [0.25, 0.3) is 0 Å². The van der Waals surface area contributed by atoms with Crippen molar-refractivity contribution in [3.8, 4) is 5.75 Å². The highest BCUT2D eigenvalue weighted by molar-refractivity contribution is 5.30. The minimum absolute atomic E-state index is 0.263. The summed E-state index contributed by atoms with van der Waals surface area (Å²) >= 11 is 0. The van der Waals surface area contributed by atoms with Gasteiger partial charge in [-0.1, -0.05) is 25.5 Å². The standard InChI is InChI=1S/C13H20FNO/c1-4-6-10(2)15-9-11-7-5-8-12(16-3)13(11)14/h5,7-8,10,15H,4,6,9H2,1-3H3. The van der Waals surface area contributed by atoms with Crippen LogP contribution in [0.25, 0.3) is 0 Å². The third-order valence-electron chi connectivity index (χ3n) is 2.63. The molecular formula is C13H20FNO. The number of hydrogen-bond donors (Lipinski definition) is 1. The van der Waals surface area contributed by atoms with E-state index in [1.54, 1.807) is 12.1 Å². The Kier molecular flexibility index (Phi) is 5.26. The van der Waals surface area contributed by atoms with Crippen LogP contribution in [0.2, 0.25) is 0 Å². The zero-order valence-corrected chi connectivity index (χ0v) is 10.2. The van der Waals surface area contributed by atoms with Gasteiger partial charge in [-0.3, -0.25) is 0 Å². The Morgan fingerprint density at radius 1 is 1.44 bits per heavy atom. The molecule has 1 aromatic rings. The fraction of sp³-hybridized carbons (Fsp3) is 0.538. The molecule has 1 N–H and O–H groups in total. The normalized spacial score (nSPS) is 12.5. The van der Waals surface area contributed by atoms with Crippen LogP contribution in [0.5, 0.6) is 5.75 Å². The monoisotopic (exact) mass is 225 g/mol. The smallest absolute Gasteiger partial charge is 0.169 e. The van der Waals surface area contributed by atoms with E-state index in [2.05, 4.69) is 19.2 Å². The van der Waals surface area contributed by atoms with Crippen LogP contribution in [-0.2, 0) is 6.54 Å². The Hall–Kier alpha value is -1.09. The summed E-state index contributed by atoms with van der Waals surface area (Å²) in [4.78, 5) is 0. The quantitative estimate of drug-likeness (QED) is 0.803. The lowest BCUT2D eigenvalue weighted by atomic mass is 10.1. The molecule has 90 valence electrons. The van der Waals surface area contributed by atoms with E-state index in [0.29, 0.717) is 23.9 Å². The summed E-state index contributed by atoms with van der Waals surface area (Å²) in [5, 5.41) is 3.30. The maximum atomic E-state index is 13.7. The lowest BCUT2D eigenvalue weighted by Crippen LogP contribution is -2.25. The molecule has 0 spiro atoms. The molecule has 3 heteroatoms. The molecule has 0 amide bonds. The van der Waals surface area contributed by atoms with Crippen molar-refractivity contribution >= 4 is 0 Å². The lowest BCUT2D eigenvalue weighted by Gasteiger charge is -2.13. The first-order valence-corrected chi connectivity index (χ1v) is 5.73. The molecule has 0 aliphatic rings. The van der Waals surface area contributed by atoms with Gasteiger partial charge < -0.3 is 10.1 Å². The number of benzene rings is 1. The molecule has 2 nitrogen and oxygen atoms in total. The summed E-state index contributed by atoms with van der Waals surface area (Å²) in [5.41, 5.74) is 0.655.